The summed E-state index contributed by atoms with van der Waals surface area (Å²) in [6, 6.07) is 15.8. The van der Waals surface area contributed by atoms with E-state index in [4.69, 9.17) is 5.26 Å². The van der Waals surface area contributed by atoms with Gasteiger partial charge in [-0.2, -0.15) is 5.26 Å². The number of aromatic nitrogens is 2. The summed E-state index contributed by atoms with van der Waals surface area (Å²) in [7, 11) is 1.56. The summed E-state index contributed by atoms with van der Waals surface area (Å²) < 4.78 is 1.47. The zero-order chi connectivity index (χ0) is 17.8. The first-order valence-corrected chi connectivity index (χ1v) is 8.48. The van der Waals surface area contributed by atoms with Crippen LogP contribution in [-0.4, -0.2) is 28.3 Å². The van der Waals surface area contributed by atoms with Crippen molar-refractivity contribution in [3.8, 4) is 11.8 Å². The summed E-state index contributed by atoms with van der Waals surface area (Å²) in [5, 5.41) is 12.4. The molecule has 0 aliphatic carbocycles. The van der Waals surface area contributed by atoms with Crippen LogP contribution in [0, 0.1) is 11.3 Å². The zero-order valence-corrected chi connectivity index (χ0v) is 14.2. The lowest BCUT2D eigenvalue weighted by Gasteiger charge is -2.13. The van der Waals surface area contributed by atoms with Gasteiger partial charge in [-0.1, -0.05) is 23.9 Å². The zero-order valence-electron chi connectivity index (χ0n) is 13.4. The lowest BCUT2D eigenvalue weighted by molar-refractivity contribution is -0.118. The number of nitrogens with one attached hydrogen (secondary N) is 1. The van der Waals surface area contributed by atoms with Crippen LogP contribution < -0.4 is 10.9 Å². The highest BCUT2D eigenvalue weighted by Gasteiger charge is 2.14. The summed E-state index contributed by atoms with van der Waals surface area (Å²) in [6.45, 7) is 0. The molecule has 7 heteroatoms. The number of thioether (sulfide) groups is 1. The Morgan fingerprint density at radius 1 is 1.24 bits per heavy atom. The van der Waals surface area contributed by atoms with Crippen LogP contribution in [0.2, 0.25) is 0 Å². The monoisotopic (exact) mass is 350 g/mol. The first-order valence-electron chi connectivity index (χ1n) is 7.49. The van der Waals surface area contributed by atoms with Gasteiger partial charge in [-0.05, 0) is 36.4 Å². The second-order valence-electron chi connectivity index (χ2n) is 5.17. The maximum atomic E-state index is 13.0. The van der Waals surface area contributed by atoms with Crippen molar-refractivity contribution < 1.29 is 4.79 Å². The molecular weight excluding hydrogens is 336 g/mol. The minimum Gasteiger partial charge on any atom is -0.358 e. The van der Waals surface area contributed by atoms with E-state index in [1.54, 1.807) is 49.5 Å². The predicted molar refractivity (Wildman–Crippen MR) is 96.8 cm³/mol. The molecule has 124 valence electrons. The largest absolute Gasteiger partial charge is 0.358 e. The van der Waals surface area contributed by atoms with Gasteiger partial charge in [0.2, 0.25) is 5.91 Å². The third kappa shape index (κ3) is 3.39. The molecule has 3 rings (SSSR count). The lowest BCUT2D eigenvalue weighted by atomic mass is 10.2. The summed E-state index contributed by atoms with van der Waals surface area (Å²) in [4.78, 5) is 29.1. The van der Waals surface area contributed by atoms with Crippen molar-refractivity contribution in [3.63, 3.8) is 0 Å². The second kappa shape index (κ2) is 7.20. The van der Waals surface area contributed by atoms with E-state index in [-0.39, 0.29) is 17.2 Å². The van der Waals surface area contributed by atoms with Gasteiger partial charge in [0.1, 0.15) is 0 Å². The number of benzene rings is 2. The van der Waals surface area contributed by atoms with Crippen LogP contribution in [0.4, 0.5) is 0 Å². The molecule has 0 aliphatic heterocycles. The molecular formula is C18H14N4O2S. The molecule has 0 unspecified atom stereocenters. The Balaban J connectivity index is 2.18. The average Bonchev–Trinajstić information content (AvgIpc) is 2.66. The third-order valence-electron chi connectivity index (χ3n) is 3.61. The Kier molecular flexibility index (Phi) is 4.82. The molecule has 6 nitrogen and oxygen atoms in total. The first kappa shape index (κ1) is 16.7. The van der Waals surface area contributed by atoms with E-state index < -0.39 is 0 Å². The molecule has 1 amide bonds. The fourth-order valence-electron chi connectivity index (χ4n) is 2.32. The summed E-state index contributed by atoms with van der Waals surface area (Å²) >= 11 is 1.19. The molecule has 1 aromatic heterocycles. The van der Waals surface area contributed by atoms with Crippen LogP contribution in [0.1, 0.15) is 5.56 Å². The molecule has 0 aliphatic rings. The van der Waals surface area contributed by atoms with Gasteiger partial charge in [0.25, 0.3) is 5.56 Å². The quantitative estimate of drug-likeness (QED) is 0.575. The summed E-state index contributed by atoms with van der Waals surface area (Å²) in [6.07, 6.45) is 0. The Labute approximate surface area is 148 Å². The number of nitrogens with zero attached hydrogens (tertiary/aromatic N) is 3. The number of fused-ring (bicyclic) bond motifs is 1. The summed E-state index contributed by atoms with van der Waals surface area (Å²) in [5.74, 6) is -0.00355. The smallest absolute Gasteiger partial charge is 0.266 e. The van der Waals surface area contributed by atoms with Crippen molar-refractivity contribution in [1.82, 2.24) is 14.9 Å². The molecule has 2 aromatic carbocycles. The number of carbonyl (C=O) groups excluding carboxylic acids is 1. The third-order valence-corrected chi connectivity index (χ3v) is 4.55. The number of hydrogen-bond donors (Lipinski definition) is 1. The van der Waals surface area contributed by atoms with Gasteiger partial charge in [-0.3, -0.25) is 14.2 Å². The van der Waals surface area contributed by atoms with Crippen molar-refractivity contribution in [3.05, 3.63) is 64.4 Å². The van der Waals surface area contributed by atoms with Crippen molar-refractivity contribution in [2.45, 2.75) is 5.16 Å². The highest BCUT2D eigenvalue weighted by molar-refractivity contribution is 7.99. The number of amides is 1. The number of carbonyl (C=O) groups is 1. The van der Waals surface area contributed by atoms with Crippen molar-refractivity contribution in [2.75, 3.05) is 12.8 Å². The first-order chi connectivity index (χ1) is 12.1. The number of hydrogen-bond acceptors (Lipinski definition) is 5. The Bertz CT molecular complexity index is 1040. The van der Waals surface area contributed by atoms with Crippen LogP contribution in [0.15, 0.2) is 58.5 Å². The Morgan fingerprint density at radius 3 is 2.64 bits per heavy atom. The van der Waals surface area contributed by atoms with E-state index in [1.165, 1.54) is 16.3 Å². The molecule has 1 N–H and O–H groups in total. The average molecular weight is 350 g/mol. The Hall–Kier alpha value is -3.11. The van der Waals surface area contributed by atoms with Gasteiger partial charge in [0, 0.05) is 7.05 Å². The normalized spacial score (nSPS) is 10.4. The number of para-hydroxylation sites is 1. The van der Waals surface area contributed by atoms with Crippen molar-refractivity contribution in [1.29, 1.82) is 5.26 Å². The molecule has 0 fully saturated rings. The highest BCUT2D eigenvalue weighted by Crippen LogP contribution is 2.21. The fraction of sp³-hybridized carbons (Fsp3) is 0.111. The van der Waals surface area contributed by atoms with Gasteiger partial charge in [-0.25, -0.2) is 4.98 Å². The molecule has 0 bridgehead atoms. The molecule has 0 saturated heterocycles. The minimum absolute atomic E-state index is 0.150. The van der Waals surface area contributed by atoms with Crippen LogP contribution in [0.25, 0.3) is 16.6 Å². The van der Waals surface area contributed by atoms with Crippen molar-refractivity contribution >= 4 is 28.6 Å². The van der Waals surface area contributed by atoms with Gasteiger partial charge in [-0.15, -0.1) is 0 Å². The fourth-order valence-corrected chi connectivity index (χ4v) is 3.21. The SMILES string of the molecule is CNC(=O)CSc1nc2ccccc2c(=O)n1-c1ccc(C#N)cc1. The standard InChI is InChI=1S/C18H14N4O2S/c1-20-16(23)11-25-18-21-15-5-3-2-4-14(15)17(24)22(18)13-8-6-12(10-19)7-9-13/h2-9H,11H2,1H3,(H,20,23). The maximum absolute atomic E-state index is 13.0. The molecule has 0 atom stereocenters. The summed E-state index contributed by atoms with van der Waals surface area (Å²) in [5.41, 5.74) is 1.47. The van der Waals surface area contributed by atoms with Gasteiger partial charge in [0.15, 0.2) is 5.16 Å². The topological polar surface area (TPSA) is 87.8 Å². The second-order valence-corrected chi connectivity index (χ2v) is 6.12. The van der Waals surface area contributed by atoms with Gasteiger partial charge >= 0.3 is 0 Å². The minimum atomic E-state index is -0.213. The predicted octanol–water partition coefficient (Wildman–Crippen LogP) is 2.10. The molecule has 0 spiro atoms. The van der Waals surface area contributed by atoms with Gasteiger partial charge < -0.3 is 5.32 Å². The number of rotatable bonds is 4. The van der Waals surface area contributed by atoms with E-state index in [9.17, 15) is 9.59 Å². The van der Waals surface area contributed by atoms with E-state index >= 15 is 0 Å². The molecule has 0 radical (unpaired) electrons. The lowest BCUT2D eigenvalue weighted by Crippen LogP contribution is -2.24. The van der Waals surface area contributed by atoms with Crippen LogP contribution >= 0.6 is 11.8 Å². The molecule has 25 heavy (non-hydrogen) atoms. The van der Waals surface area contributed by atoms with Gasteiger partial charge in [0.05, 0.1) is 34.0 Å². The molecule has 1 heterocycles. The van der Waals surface area contributed by atoms with Crippen LogP contribution in [-0.2, 0) is 4.79 Å². The van der Waals surface area contributed by atoms with Crippen LogP contribution in [0.5, 0.6) is 0 Å². The molecule has 0 saturated carbocycles. The van der Waals surface area contributed by atoms with Crippen molar-refractivity contribution in [2.24, 2.45) is 0 Å². The highest BCUT2D eigenvalue weighted by atomic mass is 32.2. The van der Waals surface area contributed by atoms with E-state index in [0.717, 1.165) is 0 Å². The van der Waals surface area contributed by atoms with E-state index in [1.807, 2.05) is 6.07 Å². The van der Waals surface area contributed by atoms with E-state index in [2.05, 4.69) is 16.4 Å². The van der Waals surface area contributed by atoms with Crippen LogP contribution in [0.3, 0.4) is 0 Å². The maximum Gasteiger partial charge on any atom is 0.266 e. The van der Waals surface area contributed by atoms with E-state index in [0.29, 0.717) is 27.3 Å². The Morgan fingerprint density at radius 2 is 1.96 bits per heavy atom. The molecule has 3 aromatic rings. The number of nitriles is 1.